The van der Waals surface area contributed by atoms with Crippen LogP contribution >= 0.6 is 24.8 Å². The third kappa shape index (κ3) is 2.32. The van der Waals surface area contributed by atoms with Gasteiger partial charge in [0.25, 0.3) is 5.91 Å². The zero-order valence-corrected chi connectivity index (χ0v) is 7.08. The van der Waals surface area contributed by atoms with E-state index >= 15 is 0 Å². The Morgan fingerprint density at radius 1 is 1.82 bits per heavy atom. The summed E-state index contributed by atoms with van der Waals surface area (Å²) >= 11 is 8.26. The van der Waals surface area contributed by atoms with Crippen molar-refractivity contribution in [1.82, 2.24) is 15.3 Å². The molecule has 1 aromatic heterocycles. The zero-order chi connectivity index (χ0) is 8.27. The molecule has 58 valence electrons. The number of imidazole rings is 1. The Labute approximate surface area is 73.8 Å². The molecule has 1 amide bonds. The molecule has 0 unspecified atom stereocenters. The number of thiocarbonyl (C=S) groups is 1. The van der Waals surface area contributed by atoms with Gasteiger partial charge in [-0.05, 0) is 0 Å². The standard InChI is InChI=1S/C5H5N3OS2/c9-4(8-5(10)11)3-6-1-2-7-3/h1-2H,(H,6,7)(H2,8,9,10,11). The lowest BCUT2D eigenvalue weighted by Gasteiger charge is -1.96. The average Bonchev–Trinajstić information content (AvgIpc) is 2.35. The number of amides is 1. The number of nitrogens with zero attached hydrogens (tertiary/aromatic N) is 1. The molecule has 2 N–H and O–H groups in total. The van der Waals surface area contributed by atoms with Crippen LogP contribution < -0.4 is 5.32 Å². The van der Waals surface area contributed by atoms with Crippen molar-refractivity contribution in [3.63, 3.8) is 0 Å². The molecule has 1 rings (SSSR count). The number of hydrogen-bond acceptors (Lipinski definition) is 3. The molecule has 0 aliphatic rings. The molecule has 0 saturated heterocycles. The Hall–Kier alpha value is -0.880. The van der Waals surface area contributed by atoms with Crippen LogP contribution in [0.1, 0.15) is 10.6 Å². The summed E-state index contributed by atoms with van der Waals surface area (Å²) in [6.45, 7) is 0. The quantitative estimate of drug-likeness (QED) is 0.439. The summed E-state index contributed by atoms with van der Waals surface area (Å²) in [5.41, 5.74) is 0. The number of rotatable bonds is 1. The van der Waals surface area contributed by atoms with Crippen molar-refractivity contribution in [2.75, 3.05) is 0 Å². The molecular formula is C5H5N3OS2. The average molecular weight is 187 g/mol. The largest absolute Gasteiger partial charge is 0.341 e. The first-order valence-corrected chi connectivity index (χ1v) is 3.59. The Balaban J connectivity index is 2.64. The molecule has 0 saturated carbocycles. The highest BCUT2D eigenvalue weighted by Crippen LogP contribution is 1.88. The minimum absolute atomic E-state index is 0.131. The van der Waals surface area contributed by atoms with E-state index in [2.05, 4.69) is 40.1 Å². The number of thiol groups is 1. The monoisotopic (exact) mass is 187 g/mol. The number of carbonyl (C=O) groups excluding carboxylic acids is 1. The maximum atomic E-state index is 11.0. The molecular weight excluding hydrogens is 182 g/mol. The molecule has 1 heterocycles. The predicted molar refractivity (Wildman–Crippen MR) is 47.6 cm³/mol. The molecule has 0 bridgehead atoms. The lowest BCUT2D eigenvalue weighted by Crippen LogP contribution is -2.26. The molecule has 0 fully saturated rings. The number of carbonyl (C=O) groups is 1. The topological polar surface area (TPSA) is 57.8 Å². The molecule has 11 heavy (non-hydrogen) atoms. The van der Waals surface area contributed by atoms with Gasteiger partial charge in [-0.25, -0.2) is 4.98 Å². The summed E-state index contributed by atoms with van der Waals surface area (Å²) in [6.07, 6.45) is 3.03. The number of aromatic nitrogens is 2. The van der Waals surface area contributed by atoms with Crippen molar-refractivity contribution < 1.29 is 4.79 Å². The van der Waals surface area contributed by atoms with Crippen LogP contribution in [0.4, 0.5) is 0 Å². The first kappa shape index (κ1) is 8.22. The smallest absolute Gasteiger partial charge is 0.292 e. The van der Waals surface area contributed by atoms with Gasteiger partial charge in [0.05, 0.1) is 0 Å². The number of hydrogen-bond donors (Lipinski definition) is 3. The highest BCUT2D eigenvalue weighted by atomic mass is 32.1. The highest BCUT2D eigenvalue weighted by Gasteiger charge is 2.06. The van der Waals surface area contributed by atoms with E-state index in [4.69, 9.17) is 0 Å². The van der Waals surface area contributed by atoms with Crippen molar-refractivity contribution in [2.24, 2.45) is 0 Å². The van der Waals surface area contributed by atoms with Crippen molar-refractivity contribution in [3.05, 3.63) is 18.2 Å². The van der Waals surface area contributed by atoms with Crippen LogP contribution in [0.2, 0.25) is 0 Å². The van der Waals surface area contributed by atoms with E-state index in [1.54, 1.807) is 6.20 Å². The lowest BCUT2D eigenvalue weighted by atomic mass is 10.6. The van der Waals surface area contributed by atoms with Crippen LogP contribution in [0.5, 0.6) is 0 Å². The van der Waals surface area contributed by atoms with Crippen molar-refractivity contribution in [3.8, 4) is 0 Å². The number of H-pyrrole nitrogens is 1. The van der Waals surface area contributed by atoms with Crippen molar-refractivity contribution in [2.45, 2.75) is 0 Å². The molecule has 4 nitrogen and oxygen atoms in total. The van der Waals surface area contributed by atoms with Gasteiger partial charge in [-0.1, -0.05) is 12.2 Å². The van der Waals surface area contributed by atoms with E-state index in [1.165, 1.54) is 6.20 Å². The van der Waals surface area contributed by atoms with Crippen LogP contribution in [0.15, 0.2) is 12.4 Å². The molecule has 0 radical (unpaired) electrons. The van der Waals surface area contributed by atoms with Gasteiger partial charge in [0.1, 0.15) is 4.32 Å². The first-order chi connectivity index (χ1) is 5.20. The Morgan fingerprint density at radius 2 is 2.55 bits per heavy atom. The third-order valence-electron chi connectivity index (χ3n) is 0.934. The van der Waals surface area contributed by atoms with E-state index in [1.807, 2.05) is 0 Å². The van der Waals surface area contributed by atoms with Gasteiger partial charge >= 0.3 is 0 Å². The van der Waals surface area contributed by atoms with E-state index in [0.29, 0.717) is 0 Å². The van der Waals surface area contributed by atoms with Crippen LogP contribution in [0.3, 0.4) is 0 Å². The van der Waals surface area contributed by atoms with E-state index in [-0.39, 0.29) is 16.1 Å². The lowest BCUT2D eigenvalue weighted by molar-refractivity contribution is 0.0969. The molecule has 6 heteroatoms. The maximum absolute atomic E-state index is 11.0. The number of nitrogens with one attached hydrogen (secondary N) is 2. The zero-order valence-electron chi connectivity index (χ0n) is 5.37. The summed E-state index contributed by atoms with van der Waals surface area (Å²) in [6, 6.07) is 0. The van der Waals surface area contributed by atoms with Gasteiger partial charge < -0.3 is 10.3 Å². The molecule has 0 aromatic carbocycles. The molecule has 1 aromatic rings. The van der Waals surface area contributed by atoms with E-state index < -0.39 is 0 Å². The van der Waals surface area contributed by atoms with Gasteiger partial charge in [0.15, 0.2) is 5.82 Å². The number of aromatic amines is 1. The third-order valence-corrected chi connectivity index (χ3v) is 1.15. The molecule has 0 spiro atoms. The molecule has 0 atom stereocenters. The van der Waals surface area contributed by atoms with Crippen LogP contribution in [-0.2, 0) is 0 Å². The summed E-state index contributed by atoms with van der Waals surface area (Å²) < 4.78 is 0.131. The minimum Gasteiger partial charge on any atom is -0.341 e. The van der Waals surface area contributed by atoms with Gasteiger partial charge in [-0.3, -0.25) is 4.79 Å². The second-order valence-corrected chi connectivity index (χ2v) is 2.86. The van der Waals surface area contributed by atoms with Crippen LogP contribution in [0.25, 0.3) is 0 Å². The predicted octanol–water partition coefficient (Wildman–Crippen LogP) is 0.354. The van der Waals surface area contributed by atoms with Crippen LogP contribution in [-0.4, -0.2) is 20.2 Å². The second-order valence-electron chi connectivity index (χ2n) is 1.70. The van der Waals surface area contributed by atoms with Gasteiger partial charge in [0, 0.05) is 12.4 Å². The second kappa shape index (κ2) is 3.49. The highest BCUT2D eigenvalue weighted by molar-refractivity contribution is 8.11. The first-order valence-electron chi connectivity index (χ1n) is 2.74. The summed E-state index contributed by atoms with van der Waals surface area (Å²) in [5, 5.41) is 2.31. The van der Waals surface area contributed by atoms with Crippen LogP contribution in [0, 0.1) is 0 Å². The Kier molecular flexibility index (Phi) is 2.61. The van der Waals surface area contributed by atoms with Gasteiger partial charge in [-0.15, -0.1) is 12.6 Å². The van der Waals surface area contributed by atoms with Crippen molar-refractivity contribution in [1.29, 1.82) is 0 Å². The Bertz CT molecular complexity index is 269. The van der Waals surface area contributed by atoms with Gasteiger partial charge in [-0.2, -0.15) is 0 Å². The fourth-order valence-corrected chi connectivity index (χ4v) is 0.740. The van der Waals surface area contributed by atoms with E-state index in [0.717, 1.165) is 0 Å². The Morgan fingerprint density at radius 3 is 3.00 bits per heavy atom. The van der Waals surface area contributed by atoms with Crippen molar-refractivity contribution >= 4 is 35.1 Å². The molecule has 0 aliphatic carbocycles. The normalized spacial score (nSPS) is 9.18. The fraction of sp³-hybridized carbons (Fsp3) is 0. The van der Waals surface area contributed by atoms with Gasteiger partial charge in [0.2, 0.25) is 0 Å². The summed E-state index contributed by atoms with van der Waals surface area (Å²) in [7, 11) is 0. The summed E-state index contributed by atoms with van der Waals surface area (Å²) in [4.78, 5) is 17.3. The fourth-order valence-electron chi connectivity index (χ4n) is 0.546. The minimum atomic E-state index is -0.380. The summed E-state index contributed by atoms with van der Waals surface area (Å²) in [5.74, 6) is -0.156. The maximum Gasteiger partial charge on any atom is 0.292 e. The molecule has 0 aliphatic heterocycles. The van der Waals surface area contributed by atoms with E-state index in [9.17, 15) is 4.79 Å². The SMILES string of the molecule is O=C(NC(=S)S)c1ncc[nH]1.